The van der Waals surface area contributed by atoms with Crippen LogP contribution in [0.4, 0.5) is 13.2 Å². The molecule has 1 aliphatic rings. The van der Waals surface area contributed by atoms with Gasteiger partial charge < -0.3 is 4.74 Å². The van der Waals surface area contributed by atoms with E-state index in [4.69, 9.17) is 4.74 Å². The van der Waals surface area contributed by atoms with Gasteiger partial charge in [-0.1, -0.05) is 24.3 Å². The fraction of sp³-hybridized carbons (Fsp3) is 0.286. The molecule has 2 nitrogen and oxygen atoms in total. The van der Waals surface area contributed by atoms with Crippen LogP contribution in [0.2, 0.25) is 0 Å². The maximum Gasteiger partial charge on any atom is 0.398 e. The number of fused-ring (bicyclic) bond motifs is 2. The minimum absolute atomic E-state index is 0.143. The van der Waals surface area contributed by atoms with E-state index in [1.54, 1.807) is 6.20 Å². The molecule has 0 spiro atoms. The second-order valence-corrected chi connectivity index (χ2v) is 7.35. The third kappa shape index (κ3) is 2.16. The highest BCUT2D eigenvalue weighted by Crippen LogP contribution is 2.52. The summed E-state index contributed by atoms with van der Waals surface area (Å²) in [7, 11) is 1.83. The van der Waals surface area contributed by atoms with Gasteiger partial charge in [-0.15, -0.1) is 0 Å². The van der Waals surface area contributed by atoms with Crippen molar-refractivity contribution in [2.24, 2.45) is 7.05 Å². The topological polar surface area (TPSA) is 13.1 Å². The first-order valence-electron chi connectivity index (χ1n) is 8.43. The predicted octanol–water partition coefficient (Wildman–Crippen LogP) is 5.59. The smallest absolute Gasteiger partial charge is 0.398 e. The molecule has 1 aromatic heterocycles. The zero-order chi connectivity index (χ0) is 18.9. The Morgan fingerprint density at radius 1 is 1.00 bits per heavy atom. The minimum Gasteiger partial charge on any atom is -0.449 e. The van der Waals surface area contributed by atoms with Crippen molar-refractivity contribution >= 4 is 10.8 Å². The maximum absolute atomic E-state index is 13.7. The van der Waals surface area contributed by atoms with Gasteiger partial charge >= 0.3 is 6.18 Å². The minimum atomic E-state index is -4.39. The molecule has 0 N–H and O–H groups in total. The van der Waals surface area contributed by atoms with E-state index in [0.29, 0.717) is 11.4 Å². The number of halogens is 3. The highest BCUT2D eigenvalue weighted by Gasteiger charge is 2.51. The lowest BCUT2D eigenvalue weighted by molar-refractivity contribution is -0.660. The Labute approximate surface area is 149 Å². The van der Waals surface area contributed by atoms with Crippen LogP contribution in [0.25, 0.3) is 22.0 Å². The third-order valence-corrected chi connectivity index (χ3v) is 5.32. The number of rotatable bonds is 1. The van der Waals surface area contributed by atoms with Crippen LogP contribution in [0.5, 0.6) is 11.5 Å². The molecule has 4 rings (SSSR count). The molecule has 0 saturated heterocycles. The molecule has 2 aromatic carbocycles. The van der Waals surface area contributed by atoms with Crippen LogP contribution in [0.1, 0.15) is 25.0 Å². The lowest BCUT2D eigenvalue weighted by Gasteiger charge is -2.31. The Bertz CT molecular complexity index is 1050. The summed E-state index contributed by atoms with van der Waals surface area (Å²) < 4.78 is 49.1. The number of hydrogen-bond donors (Lipinski definition) is 0. The second-order valence-electron chi connectivity index (χ2n) is 7.35. The van der Waals surface area contributed by atoms with E-state index in [1.807, 2.05) is 48.9 Å². The predicted molar refractivity (Wildman–Crippen MR) is 94.5 cm³/mol. The molecule has 1 aliphatic heterocycles. The van der Waals surface area contributed by atoms with Crippen molar-refractivity contribution in [1.29, 1.82) is 0 Å². The van der Waals surface area contributed by atoms with Gasteiger partial charge in [0.2, 0.25) is 5.75 Å². The largest absolute Gasteiger partial charge is 0.449 e. The molecule has 0 unspecified atom stereocenters. The van der Waals surface area contributed by atoms with Crippen LogP contribution in [-0.2, 0) is 12.5 Å². The van der Waals surface area contributed by atoms with Crippen LogP contribution in [0.15, 0.2) is 42.6 Å². The summed E-state index contributed by atoms with van der Waals surface area (Å²) in [5.41, 5.74) is 0.735. The molecule has 0 bridgehead atoms. The summed E-state index contributed by atoms with van der Waals surface area (Å²) in [4.78, 5) is 0. The normalized spacial score (nSPS) is 13.5. The zero-order valence-corrected chi connectivity index (χ0v) is 15.0. The number of hydrogen-bond acceptors (Lipinski definition) is 1. The van der Waals surface area contributed by atoms with Gasteiger partial charge in [0, 0.05) is 17.0 Å². The molecule has 0 saturated carbocycles. The van der Waals surface area contributed by atoms with Gasteiger partial charge in [-0.05, 0) is 37.8 Å². The lowest BCUT2D eigenvalue weighted by atomic mass is 9.81. The van der Waals surface area contributed by atoms with Crippen LogP contribution >= 0.6 is 0 Å². The zero-order valence-electron chi connectivity index (χ0n) is 15.0. The van der Waals surface area contributed by atoms with Crippen molar-refractivity contribution in [2.75, 3.05) is 0 Å². The van der Waals surface area contributed by atoms with E-state index < -0.39 is 11.6 Å². The van der Waals surface area contributed by atoms with Crippen LogP contribution in [-0.4, -0.2) is 6.18 Å². The van der Waals surface area contributed by atoms with E-state index in [0.717, 1.165) is 21.9 Å². The molecular formula is C21H19F3NO+. The number of pyridine rings is 1. The first-order valence-corrected chi connectivity index (χ1v) is 8.43. The van der Waals surface area contributed by atoms with Crippen molar-refractivity contribution in [3.8, 4) is 22.8 Å². The van der Waals surface area contributed by atoms with Crippen LogP contribution < -0.4 is 9.30 Å². The summed E-state index contributed by atoms with van der Waals surface area (Å²) in [5, 5.41) is 1.95. The van der Waals surface area contributed by atoms with E-state index in [-0.39, 0.29) is 11.3 Å². The Morgan fingerprint density at radius 2 is 1.73 bits per heavy atom. The number of aromatic nitrogens is 1. The van der Waals surface area contributed by atoms with Crippen molar-refractivity contribution in [2.45, 2.75) is 32.4 Å². The van der Waals surface area contributed by atoms with E-state index in [2.05, 4.69) is 0 Å². The molecule has 0 radical (unpaired) electrons. The first kappa shape index (κ1) is 16.9. The second kappa shape index (κ2) is 5.22. The SMILES string of the molecule is Cc1ccc2cccc3c2c1-c1c(c(C(C)(C)C(F)(F)F)cc[n+]1C)O3. The Morgan fingerprint density at radius 3 is 2.42 bits per heavy atom. The van der Waals surface area contributed by atoms with Gasteiger partial charge in [0.15, 0.2) is 6.20 Å². The summed E-state index contributed by atoms with van der Waals surface area (Å²) in [6.45, 7) is 4.36. The Balaban J connectivity index is 2.13. The van der Waals surface area contributed by atoms with E-state index in [1.165, 1.54) is 19.9 Å². The fourth-order valence-corrected chi connectivity index (χ4v) is 3.61. The molecule has 3 aromatic rings. The highest BCUT2D eigenvalue weighted by molar-refractivity contribution is 6.04. The van der Waals surface area contributed by atoms with Crippen molar-refractivity contribution < 1.29 is 22.5 Å². The van der Waals surface area contributed by atoms with Crippen LogP contribution in [0, 0.1) is 6.92 Å². The number of benzene rings is 2. The molecule has 134 valence electrons. The van der Waals surface area contributed by atoms with Crippen molar-refractivity contribution in [3.05, 3.63) is 53.7 Å². The number of alkyl halides is 3. The summed E-state index contributed by atoms with van der Waals surface area (Å²) in [5.74, 6) is 0.880. The van der Waals surface area contributed by atoms with E-state index in [9.17, 15) is 13.2 Å². The molecule has 26 heavy (non-hydrogen) atoms. The molecule has 0 fully saturated rings. The summed E-state index contributed by atoms with van der Waals surface area (Å²) >= 11 is 0. The van der Waals surface area contributed by atoms with E-state index >= 15 is 0 Å². The summed E-state index contributed by atoms with van der Waals surface area (Å²) in [6, 6.07) is 11.2. The quantitative estimate of drug-likeness (QED) is 0.405. The third-order valence-electron chi connectivity index (χ3n) is 5.32. The average molecular weight is 358 g/mol. The fourth-order valence-electron chi connectivity index (χ4n) is 3.61. The molecule has 2 heterocycles. The Hall–Kier alpha value is -2.56. The lowest BCUT2D eigenvalue weighted by Crippen LogP contribution is -2.39. The van der Waals surface area contributed by atoms with Gasteiger partial charge in [-0.3, -0.25) is 0 Å². The summed E-state index contributed by atoms with van der Waals surface area (Å²) in [6.07, 6.45) is -2.71. The highest BCUT2D eigenvalue weighted by atomic mass is 19.4. The molecule has 5 heteroatoms. The maximum atomic E-state index is 13.7. The van der Waals surface area contributed by atoms with Crippen LogP contribution in [0.3, 0.4) is 0 Å². The molecule has 0 atom stereocenters. The van der Waals surface area contributed by atoms with Gasteiger partial charge in [0.05, 0.1) is 11.0 Å². The number of nitrogens with zero attached hydrogens (tertiary/aromatic N) is 1. The monoisotopic (exact) mass is 358 g/mol. The van der Waals surface area contributed by atoms with Crippen molar-refractivity contribution in [3.63, 3.8) is 0 Å². The molecule has 0 aliphatic carbocycles. The van der Waals surface area contributed by atoms with Gasteiger partial charge in [0.1, 0.15) is 12.8 Å². The van der Waals surface area contributed by atoms with Crippen molar-refractivity contribution in [1.82, 2.24) is 0 Å². The van der Waals surface area contributed by atoms with Gasteiger partial charge in [-0.2, -0.15) is 17.7 Å². The molecular weight excluding hydrogens is 339 g/mol. The molecule has 0 amide bonds. The first-order chi connectivity index (χ1) is 12.1. The van der Waals surface area contributed by atoms with Gasteiger partial charge in [-0.25, -0.2) is 0 Å². The van der Waals surface area contributed by atoms with Gasteiger partial charge in [0.25, 0.3) is 5.69 Å². The number of aryl methyl sites for hydroxylation is 2. The standard InChI is InChI=1S/C21H19F3NO/c1-12-8-9-13-6-5-7-15-17(13)16(12)18-19(26-15)14(10-11-25(18)4)20(2,3)21(22,23)24/h5-11H,1-4H3/q+1. The Kier molecular flexibility index (Phi) is 3.39. The number of ether oxygens (including phenoxy) is 1. The average Bonchev–Trinajstić information content (AvgIpc) is 2.56.